The Morgan fingerprint density at radius 1 is 1.69 bits per heavy atom. The molecule has 2 N–H and O–H groups in total. The van der Waals surface area contributed by atoms with Gasteiger partial charge in [-0.15, -0.1) is 11.3 Å². The molecule has 1 unspecified atom stereocenters. The zero-order valence-corrected chi connectivity index (χ0v) is 11.0. The molecular formula is C11H16N2OS2. The monoisotopic (exact) mass is 256 g/mol. The van der Waals surface area contributed by atoms with E-state index in [0.29, 0.717) is 4.99 Å². The Morgan fingerprint density at radius 2 is 2.50 bits per heavy atom. The molecule has 88 valence electrons. The number of nitrogens with zero attached hydrogens (tertiary/aromatic N) is 1. The number of rotatable bonds is 4. The van der Waals surface area contributed by atoms with Crippen LogP contribution in [0, 0.1) is 0 Å². The molecule has 3 nitrogen and oxygen atoms in total. The maximum absolute atomic E-state index is 5.72. The van der Waals surface area contributed by atoms with E-state index in [4.69, 9.17) is 22.7 Å². The first-order valence-corrected chi connectivity index (χ1v) is 6.85. The lowest BCUT2D eigenvalue weighted by molar-refractivity contribution is 0.111. The molecule has 0 saturated carbocycles. The summed E-state index contributed by atoms with van der Waals surface area (Å²) in [4.78, 5) is 6.07. The van der Waals surface area contributed by atoms with Gasteiger partial charge in [0.2, 0.25) is 0 Å². The summed E-state index contributed by atoms with van der Waals surface area (Å²) < 4.78 is 5.63. The number of thiazole rings is 1. The van der Waals surface area contributed by atoms with Crippen LogP contribution in [0.15, 0.2) is 0 Å². The summed E-state index contributed by atoms with van der Waals surface area (Å²) in [5, 5.41) is 1.05. The zero-order valence-electron chi connectivity index (χ0n) is 9.36. The molecule has 1 aliphatic rings. The minimum absolute atomic E-state index is 0.170. The summed E-state index contributed by atoms with van der Waals surface area (Å²) in [7, 11) is 0. The molecule has 1 saturated heterocycles. The molecule has 0 spiro atoms. The van der Waals surface area contributed by atoms with Crippen LogP contribution in [0.5, 0.6) is 0 Å². The van der Waals surface area contributed by atoms with E-state index in [2.05, 4.69) is 11.9 Å². The molecule has 5 heteroatoms. The Kier molecular flexibility index (Phi) is 3.89. The quantitative estimate of drug-likeness (QED) is 0.841. The highest BCUT2D eigenvalue weighted by atomic mass is 32.1. The van der Waals surface area contributed by atoms with Crippen LogP contribution in [-0.4, -0.2) is 16.6 Å². The molecule has 0 bridgehead atoms. The van der Waals surface area contributed by atoms with Gasteiger partial charge in [0.25, 0.3) is 0 Å². The van der Waals surface area contributed by atoms with Crippen molar-refractivity contribution < 1.29 is 4.74 Å². The van der Waals surface area contributed by atoms with Crippen LogP contribution >= 0.6 is 23.6 Å². The lowest BCUT2D eigenvalue weighted by Crippen LogP contribution is -2.09. The first-order chi connectivity index (χ1) is 7.72. The van der Waals surface area contributed by atoms with E-state index < -0.39 is 0 Å². The molecule has 1 fully saturated rings. The Morgan fingerprint density at radius 3 is 3.06 bits per heavy atom. The second kappa shape index (κ2) is 5.21. The number of nitrogens with two attached hydrogens (primary N) is 1. The largest absolute Gasteiger partial charge is 0.389 e. The van der Waals surface area contributed by atoms with Crippen LogP contribution < -0.4 is 5.73 Å². The van der Waals surface area contributed by atoms with E-state index in [0.717, 1.165) is 47.9 Å². The van der Waals surface area contributed by atoms with Crippen LogP contribution in [0.3, 0.4) is 0 Å². The maximum atomic E-state index is 5.72. The minimum Gasteiger partial charge on any atom is -0.389 e. The van der Waals surface area contributed by atoms with E-state index in [-0.39, 0.29) is 6.10 Å². The average molecular weight is 256 g/mol. The predicted molar refractivity (Wildman–Crippen MR) is 69.9 cm³/mol. The van der Waals surface area contributed by atoms with E-state index in [1.54, 1.807) is 11.3 Å². The van der Waals surface area contributed by atoms with Crippen LogP contribution in [0.1, 0.15) is 47.9 Å². The summed E-state index contributed by atoms with van der Waals surface area (Å²) in [6, 6.07) is 0. The Balaban J connectivity index is 2.26. The van der Waals surface area contributed by atoms with Gasteiger partial charge in [-0.3, -0.25) is 0 Å². The van der Waals surface area contributed by atoms with Gasteiger partial charge in [-0.2, -0.15) is 0 Å². The van der Waals surface area contributed by atoms with Crippen molar-refractivity contribution in [1.29, 1.82) is 0 Å². The van der Waals surface area contributed by atoms with Crippen molar-refractivity contribution in [1.82, 2.24) is 4.98 Å². The minimum atomic E-state index is 0.170. The summed E-state index contributed by atoms with van der Waals surface area (Å²) in [6.45, 7) is 2.98. The standard InChI is InChI=1S/C11H16N2OS2/c1-2-4-7-9(10(12)15)16-11(13-7)8-5-3-6-14-8/h8H,2-6H2,1H3,(H2,12,15). The maximum Gasteiger partial charge on any atom is 0.122 e. The lowest BCUT2D eigenvalue weighted by Gasteiger charge is -2.03. The van der Waals surface area contributed by atoms with Crippen molar-refractivity contribution in [3.05, 3.63) is 15.6 Å². The first kappa shape index (κ1) is 12.0. The third kappa shape index (κ3) is 2.42. The fraction of sp³-hybridized carbons (Fsp3) is 0.636. The molecule has 1 atom stereocenters. The lowest BCUT2D eigenvalue weighted by atomic mass is 10.2. The van der Waals surface area contributed by atoms with Gasteiger partial charge in [-0.1, -0.05) is 25.6 Å². The summed E-state index contributed by atoms with van der Waals surface area (Å²) >= 11 is 6.66. The second-order valence-corrected chi connectivity index (χ2v) is 5.41. The van der Waals surface area contributed by atoms with Crippen LogP contribution in [0.2, 0.25) is 0 Å². The van der Waals surface area contributed by atoms with Crippen molar-refractivity contribution in [2.24, 2.45) is 5.73 Å². The fourth-order valence-electron chi connectivity index (χ4n) is 1.88. The topological polar surface area (TPSA) is 48.1 Å². The molecule has 1 aromatic heterocycles. The molecule has 2 rings (SSSR count). The molecule has 2 heterocycles. The van der Waals surface area contributed by atoms with Gasteiger partial charge in [0.15, 0.2) is 0 Å². The number of ether oxygens (including phenoxy) is 1. The van der Waals surface area contributed by atoms with Crippen molar-refractivity contribution in [3.8, 4) is 0 Å². The molecule has 0 aliphatic carbocycles. The molecule has 1 aromatic rings. The first-order valence-electron chi connectivity index (χ1n) is 5.63. The summed E-state index contributed by atoms with van der Waals surface area (Å²) in [6.07, 6.45) is 4.36. The Labute approximate surface area is 105 Å². The molecule has 0 radical (unpaired) electrons. The highest BCUT2D eigenvalue weighted by Gasteiger charge is 2.23. The predicted octanol–water partition coefficient (Wildman–Crippen LogP) is 2.58. The van der Waals surface area contributed by atoms with Gasteiger partial charge in [0.05, 0.1) is 10.6 Å². The van der Waals surface area contributed by atoms with Crippen molar-refractivity contribution in [3.63, 3.8) is 0 Å². The van der Waals surface area contributed by atoms with Gasteiger partial charge >= 0.3 is 0 Å². The van der Waals surface area contributed by atoms with Crippen molar-refractivity contribution >= 4 is 28.5 Å². The Hall–Kier alpha value is -0.520. The second-order valence-electron chi connectivity index (χ2n) is 3.94. The molecule has 16 heavy (non-hydrogen) atoms. The molecule has 0 amide bonds. The average Bonchev–Trinajstić information content (AvgIpc) is 2.83. The van der Waals surface area contributed by atoms with Gasteiger partial charge < -0.3 is 10.5 Å². The number of thiocarbonyl (C=S) groups is 1. The SMILES string of the molecule is CCCc1nc(C2CCCO2)sc1C(N)=S. The van der Waals surface area contributed by atoms with E-state index in [9.17, 15) is 0 Å². The molecule has 1 aliphatic heterocycles. The fourth-order valence-corrected chi connectivity index (χ4v) is 3.17. The van der Waals surface area contributed by atoms with Crippen molar-refractivity contribution in [2.45, 2.75) is 38.7 Å². The van der Waals surface area contributed by atoms with Gasteiger partial charge in [-0.05, 0) is 19.3 Å². The zero-order chi connectivity index (χ0) is 11.5. The molecule has 0 aromatic carbocycles. The van der Waals surface area contributed by atoms with Crippen molar-refractivity contribution in [2.75, 3.05) is 6.61 Å². The molecular weight excluding hydrogens is 240 g/mol. The van der Waals surface area contributed by atoms with Gasteiger partial charge in [-0.25, -0.2) is 4.98 Å². The highest BCUT2D eigenvalue weighted by molar-refractivity contribution is 7.81. The van der Waals surface area contributed by atoms with Gasteiger partial charge in [0.1, 0.15) is 16.1 Å². The number of hydrogen-bond acceptors (Lipinski definition) is 4. The van der Waals surface area contributed by atoms with E-state index in [1.165, 1.54) is 0 Å². The third-order valence-electron chi connectivity index (χ3n) is 2.63. The smallest absolute Gasteiger partial charge is 0.122 e. The Bertz CT molecular complexity index is 383. The van der Waals surface area contributed by atoms with E-state index in [1.807, 2.05) is 0 Å². The van der Waals surface area contributed by atoms with E-state index >= 15 is 0 Å². The number of aromatic nitrogens is 1. The third-order valence-corrected chi connectivity index (χ3v) is 4.19. The number of aryl methyl sites for hydroxylation is 1. The summed E-state index contributed by atoms with van der Waals surface area (Å²) in [5.41, 5.74) is 6.76. The summed E-state index contributed by atoms with van der Waals surface area (Å²) in [5.74, 6) is 0. The van der Waals surface area contributed by atoms with Crippen LogP contribution in [0.25, 0.3) is 0 Å². The highest BCUT2D eigenvalue weighted by Crippen LogP contribution is 2.33. The van der Waals surface area contributed by atoms with Crippen LogP contribution in [-0.2, 0) is 11.2 Å². The number of hydrogen-bond donors (Lipinski definition) is 1. The van der Waals surface area contributed by atoms with Crippen LogP contribution in [0.4, 0.5) is 0 Å². The van der Waals surface area contributed by atoms with Gasteiger partial charge in [0, 0.05) is 6.61 Å². The normalized spacial score (nSPS) is 20.2.